The molecule has 0 bridgehead atoms. The van der Waals surface area contributed by atoms with E-state index in [1.807, 2.05) is 6.08 Å². The highest BCUT2D eigenvalue weighted by Crippen LogP contribution is 2.33. The maximum atomic E-state index is 11.1. The Balaban J connectivity index is 2.23. The van der Waals surface area contributed by atoms with Crippen molar-refractivity contribution in [3.05, 3.63) is 34.7 Å². The van der Waals surface area contributed by atoms with Gasteiger partial charge in [-0.3, -0.25) is 0 Å². The van der Waals surface area contributed by atoms with Crippen LogP contribution in [0.25, 0.3) is 16.2 Å². The van der Waals surface area contributed by atoms with Gasteiger partial charge in [0.2, 0.25) is 0 Å². The fourth-order valence-corrected chi connectivity index (χ4v) is 3.64. The fraction of sp³-hybridized carbons (Fsp3) is 0.429. The van der Waals surface area contributed by atoms with Crippen molar-refractivity contribution in [1.29, 1.82) is 5.26 Å². The van der Waals surface area contributed by atoms with Crippen molar-refractivity contribution in [2.45, 2.75) is 40.5 Å². The van der Waals surface area contributed by atoms with Crippen molar-refractivity contribution >= 4 is 39.0 Å². The summed E-state index contributed by atoms with van der Waals surface area (Å²) < 4.78 is 1.22. The molecular weight excluding hydrogens is 328 g/mol. The molecule has 0 aliphatic carbocycles. The second-order valence-corrected chi connectivity index (χ2v) is 8.63. The number of thiophene rings is 1. The van der Waals surface area contributed by atoms with Gasteiger partial charge >= 0.3 is 0 Å². The molecule has 132 valence electrons. The molecule has 0 aliphatic heterocycles. The van der Waals surface area contributed by atoms with Gasteiger partial charge in [-0.15, -0.1) is 11.3 Å². The molecule has 1 aromatic heterocycles. The number of benzene rings is 1. The Labute approximate surface area is 154 Å². The van der Waals surface area contributed by atoms with Crippen LogP contribution in [0.5, 0.6) is 0 Å². The first-order valence-electron chi connectivity index (χ1n) is 8.57. The van der Waals surface area contributed by atoms with E-state index in [1.54, 1.807) is 18.3 Å². The minimum atomic E-state index is -0.146. The Morgan fingerprint density at radius 2 is 2.04 bits per heavy atom. The largest absolute Gasteiger partial charge is 0.375 e. The van der Waals surface area contributed by atoms with Gasteiger partial charge < -0.3 is 9.69 Å². The quantitative estimate of drug-likeness (QED) is 0.629. The first kappa shape index (κ1) is 19.2. The van der Waals surface area contributed by atoms with Gasteiger partial charge in [-0.05, 0) is 48.4 Å². The van der Waals surface area contributed by atoms with Gasteiger partial charge in [0.25, 0.3) is 0 Å². The summed E-state index contributed by atoms with van der Waals surface area (Å²) in [7, 11) is 2.06. The summed E-state index contributed by atoms with van der Waals surface area (Å²) in [6.45, 7) is 8.68. The van der Waals surface area contributed by atoms with Crippen LogP contribution in [0.4, 0.5) is 5.69 Å². The van der Waals surface area contributed by atoms with Gasteiger partial charge in [-0.25, -0.2) is 0 Å². The van der Waals surface area contributed by atoms with E-state index in [1.165, 1.54) is 10.1 Å². The molecule has 0 unspecified atom stereocenters. The third-order valence-corrected chi connectivity index (χ3v) is 5.25. The van der Waals surface area contributed by atoms with Crippen LogP contribution < -0.4 is 4.90 Å². The molecular formula is C21H26N2OS. The molecule has 1 heterocycles. The maximum absolute atomic E-state index is 11.1. The summed E-state index contributed by atoms with van der Waals surface area (Å²) in [5.41, 5.74) is 1.80. The molecule has 2 rings (SSSR count). The summed E-state index contributed by atoms with van der Waals surface area (Å²) in [5.74, 6) is 0.241. The molecule has 0 aliphatic rings. The molecule has 3 nitrogen and oxygen atoms in total. The lowest BCUT2D eigenvalue weighted by Gasteiger charge is -2.19. The fourth-order valence-electron chi connectivity index (χ4n) is 2.60. The van der Waals surface area contributed by atoms with E-state index in [-0.39, 0.29) is 11.2 Å². The lowest BCUT2D eigenvalue weighted by Crippen LogP contribution is -2.18. The first-order valence-corrected chi connectivity index (χ1v) is 9.39. The summed E-state index contributed by atoms with van der Waals surface area (Å²) >= 11 is 1.71. The number of rotatable bonds is 6. The SMILES string of the molecule is CC(=O)CCCN(C)c1ccc2cc(/C=C(\C#N)C(C)(C)C)sc2c1. The minimum Gasteiger partial charge on any atom is -0.375 e. The standard InChI is InChI=1S/C21H26N2OS/c1-15(24)7-6-10-23(5)18-9-8-16-11-19(25-20(16)13-18)12-17(14-22)21(2,3)4/h8-9,11-13H,6-7,10H2,1-5H3/b17-12+. The zero-order chi connectivity index (χ0) is 18.6. The molecule has 2 aromatic rings. The number of carbonyl (C=O) groups excluding carboxylic acids is 1. The van der Waals surface area contributed by atoms with Gasteiger partial charge in [-0.2, -0.15) is 5.26 Å². The Kier molecular flexibility index (Phi) is 6.02. The average molecular weight is 355 g/mol. The van der Waals surface area contributed by atoms with E-state index >= 15 is 0 Å². The number of nitrogens with zero attached hydrogens (tertiary/aromatic N) is 2. The smallest absolute Gasteiger partial charge is 0.129 e. The van der Waals surface area contributed by atoms with Gasteiger partial charge in [0.1, 0.15) is 5.78 Å². The van der Waals surface area contributed by atoms with E-state index in [9.17, 15) is 10.1 Å². The molecule has 0 fully saturated rings. The summed E-state index contributed by atoms with van der Waals surface area (Å²) in [4.78, 5) is 14.4. The number of ketones is 1. The third-order valence-electron chi connectivity index (χ3n) is 4.20. The molecule has 0 saturated heterocycles. The zero-order valence-corrected chi connectivity index (χ0v) is 16.5. The molecule has 0 radical (unpaired) electrons. The Morgan fingerprint density at radius 3 is 2.64 bits per heavy atom. The summed E-state index contributed by atoms with van der Waals surface area (Å²) in [6.07, 6.45) is 3.50. The van der Waals surface area contributed by atoms with Gasteiger partial charge in [0, 0.05) is 40.9 Å². The second-order valence-electron chi connectivity index (χ2n) is 7.52. The van der Waals surface area contributed by atoms with Gasteiger partial charge in [0.15, 0.2) is 0 Å². The predicted molar refractivity (Wildman–Crippen MR) is 108 cm³/mol. The highest BCUT2D eigenvalue weighted by Gasteiger charge is 2.17. The molecule has 4 heteroatoms. The lowest BCUT2D eigenvalue weighted by molar-refractivity contribution is -0.117. The van der Waals surface area contributed by atoms with Crippen LogP contribution in [-0.4, -0.2) is 19.4 Å². The van der Waals surface area contributed by atoms with Crippen molar-refractivity contribution in [2.75, 3.05) is 18.5 Å². The first-order chi connectivity index (χ1) is 11.7. The number of allylic oxidation sites excluding steroid dienone is 1. The number of hydrogen-bond donors (Lipinski definition) is 0. The van der Waals surface area contributed by atoms with Crippen LogP contribution >= 0.6 is 11.3 Å². The van der Waals surface area contributed by atoms with Crippen LogP contribution in [0.3, 0.4) is 0 Å². The van der Waals surface area contributed by atoms with E-state index in [4.69, 9.17) is 0 Å². The molecule has 0 N–H and O–H groups in total. The minimum absolute atomic E-state index is 0.146. The van der Waals surface area contributed by atoms with Crippen LogP contribution in [0.15, 0.2) is 29.8 Å². The van der Waals surface area contributed by atoms with E-state index in [2.05, 4.69) is 63.1 Å². The number of nitriles is 1. The molecule has 0 spiro atoms. The van der Waals surface area contributed by atoms with Crippen LogP contribution in [0.1, 0.15) is 45.4 Å². The predicted octanol–water partition coefficient (Wildman–Crippen LogP) is 5.66. The highest BCUT2D eigenvalue weighted by molar-refractivity contribution is 7.19. The normalized spacial score (nSPS) is 12.2. The highest BCUT2D eigenvalue weighted by atomic mass is 32.1. The monoisotopic (exact) mass is 354 g/mol. The second kappa shape index (κ2) is 7.84. The van der Waals surface area contributed by atoms with Crippen LogP contribution in [0.2, 0.25) is 0 Å². The Bertz CT molecular complexity index is 834. The number of Topliss-reactive ketones (excluding diaryl/α,β-unsaturated/α-hetero) is 1. The zero-order valence-electron chi connectivity index (χ0n) is 15.7. The molecule has 1 aromatic carbocycles. The van der Waals surface area contributed by atoms with E-state index in [0.717, 1.165) is 29.1 Å². The lowest BCUT2D eigenvalue weighted by atomic mass is 9.87. The molecule has 0 atom stereocenters. The van der Waals surface area contributed by atoms with Crippen molar-refractivity contribution in [3.63, 3.8) is 0 Å². The average Bonchev–Trinajstić information content (AvgIpc) is 2.92. The number of fused-ring (bicyclic) bond motifs is 1. The molecule has 25 heavy (non-hydrogen) atoms. The van der Waals surface area contributed by atoms with Gasteiger partial charge in [-0.1, -0.05) is 26.8 Å². The molecule has 0 saturated carbocycles. The van der Waals surface area contributed by atoms with Crippen molar-refractivity contribution < 1.29 is 4.79 Å². The Hall–Kier alpha value is -2.12. The topological polar surface area (TPSA) is 44.1 Å². The van der Waals surface area contributed by atoms with Crippen molar-refractivity contribution in [3.8, 4) is 6.07 Å². The van der Waals surface area contributed by atoms with Crippen LogP contribution in [-0.2, 0) is 4.79 Å². The van der Waals surface area contributed by atoms with E-state index < -0.39 is 0 Å². The van der Waals surface area contributed by atoms with E-state index in [0.29, 0.717) is 6.42 Å². The molecule has 0 amide bonds. The summed E-state index contributed by atoms with van der Waals surface area (Å²) in [5, 5.41) is 10.6. The maximum Gasteiger partial charge on any atom is 0.129 e. The Morgan fingerprint density at radius 1 is 1.32 bits per heavy atom. The van der Waals surface area contributed by atoms with Crippen molar-refractivity contribution in [2.24, 2.45) is 5.41 Å². The number of carbonyl (C=O) groups is 1. The third kappa shape index (κ3) is 5.17. The van der Waals surface area contributed by atoms with Crippen LogP contribution in [0, 0.1) is 16.7 Å². The number of hydrogen-bond acceptors (Lipinski definition) is 4. The van der Waals surface area contributed by atoms with Gasteiger partial charge in [0.05, 0.1) is 6.07 Å². The summed E-state index contributed by atoms with van der Waals surface area (Å²) in [6, 6.07) is 10.9. The number of anilines is 1. The van der Waals surface area contributed by atoms with Crippen molar-refractivity contribution in [1.82, 2.24) is 0 Å².